The van der Waals surface area contributed by atoms with Crippen molar-refractivity contribution in [2.24, 2.45) is 5.92 Å². The fourth-order valence-electron chi connectivity index (χ4n) is 2.73. The first kappa shape index (κ1) is 15.5. The lowest BCUT2D eigenvalue weighted by Crippen LogP contribution is -2.41. The summed E-state index contributed by atoms with van der Waals surface area (Å²) in [7, 11) is 0. The largest absolute Gasteiger partial charge is 0.355 e. The minimum absolute atomic E-state index is 0.153. The molecule has 1 saturated heterocycles. The van der Waals surface area contributed by atoms with E-state index in [1.807, 2.05) is 6.92 Å². The highest BCUT2D eigenvalue weighted by molar-refractivity contribution is 7.13. The maximum absolute atomic E-state index is 12.2. The molecule has 0 unspecified atom stereocenters. The fourth-order valence-corrected chi connectivity index (χ4v) is 4.29. The molecule has 0 aliphatic carbocycles. The van der Waals surface area contributed by atoms with Crippen molar-refractivity contribution in [3.8, 4) is 0 Å². The molecule has 2 aromatic heterocycles. The predicted molar refractivity (Wildman–Crippen MR) is 92.8 cm³/mol. The van der Waals surface area contributed by atoms with Crippen LogP contribution in [0.2, 0.25) is 0 Å². The number of nitrogens with zero attached hydrogens (tertiary/aromatic N) is 2. The Bertz CT molecular complexity index is 601. The fraction of sp³-hybridized carbons (Fsp3) is 0.500. The van der Waals surface area contributed by atoms with Crippen LogP contribution in [0.25, 0.3) is 0 Å². The number of amides is 1. The van der Waals surface area contributed by atoms with Gasteiger partial charge in [0.1, 0.15) is 0 Å². The second-order valence-electron chi connectivity index (χ2n) is 5.65. The van der Waals surface area contributed by atoms with E-state index in [0.29, 0.717) is 0 Å². The van der Waals surface area contributed by atoms with Gasteiger partial charge in [0.05, 0.1) is 5.69 Å². The van der Waals surface area contributed by atoms with E-state index in [1.54, 1.807) is 22.7 Å². The summed E-state index contributed by atoms with van der Waals surface area (Å²) in [5.41, 5.74) is 1.08. The van der Waals surface area contributed by atoms with Crippen LogP contribution in [0, 0.1) is 12.8 Å². The first-order chi connectivity index (χ1) is 10.7. The molecule has 0 radical (unpaired) electrons. The number of piperidine rings is 1. The van der Waals surface area contributed by atoms with Crippen LogP contribution >= 0.6 is 22.7 Å². The number of carbonyl (C=O) groups is 1. The molecule has 1 amide bonds. The van der Waals surface area contributed by atoms with Crippen LogP contribution in [0.15, 0.2) is 22.9 Å². The molecule has 3 heterocycles. The lowest BCUT2D eigenvalue weighted by atomic mass is 9.96. The molecule has 1 aliphatic heterocycles. The number of rotatable bonds is 5. The molecule has 6 heteroatoms. The second kappa shape index (κ2) is 7.24. The van der Waals surface area contributed by atoms with Gasteiger partial charge >= 0.3 is 0 Å². The van der Waals surface area contributed by atoms with Crippen LogP contribution in [-0.4, -0.2) is 30.5 Å². The van der Waals surface area contributed by atoms with Gasteiger partial charge in [-0.05, 0) is 37.6 Å². The van der Waals surface area contributed by atoms with Gasteiger partial charge in [-0.25, -0.2) is 4.98 Å². The highest BCUT2D eigenvalue weighted by atomic mass is 32.1. The molecular weight excluding hydrogens is 314 g/mol. The lowest BCUT2D eigenvalue weighted by Gasteiger charge is -2.31. The molecule has 0 saturated carbocycles. The molecule has 0 bridgehead atoms. The summed E-state index contributed by atoms with van der Waals surface area (Å²) in [6.07, 6.45) is 2.77. The number of hydrogen-bond acceptors (Lipinski definition) is 5. The zero-order valence-corrected chi connectivity index (χ0v) is 14.4. The third kappa shape index (κ3) is 3.87. The van der Waals surface area contributed by atoms with Gasteiger partial charge in [0.25, 0.3) is 0 Å². The minimum Gasteiger partial charge on any atom is -0.355 e. The number of thiophene rings is 1. The summed E-state index contributed by atoms with van der Waals surface area (Å²) >= 11 is 3.44. The Balaban J connectivity index is 1.41. The number of nitrogens with one attached hydrogen (secondary N) is 1. The highest BCUT2D eigenvalue weighted by Crippen LogP contribution is 2.26. The van der Waals surface area contributed by atoms with Gasteiger partial charge in [-0.15, -0.1) is 22.7 Å². The molecule has 0 atom stereocenters. The molecule has 1 aliphatic rings. The number of thiazole rings is 1. The van der Waals surface area contributed by atoms with Gasteiger partial charge in [-0.1, -0.05) is 6.07 Å². The average molecular weight is 335 g/mol. The lowest BCUT2D eigenvalue weighted by molar-refractivity contribution is -0.125. The van der Waals surface area contributed by atoms with Crippen molar-refractivity contribution in [1.82, 2.24) is 10.3 Å². The summed E-state index contributed by atoms with van der Waals surface area (Å²) < 4.78 is 0. The van der Waals surface area contributed by atoms with Crippen LogP contribution in [0.1, 0.15) is 23.4 Å². The standard InChI is InChI=1S/C16H21N3OS2/c1-12-11-22-16(18-12)19-8-5-13(6-9-19)15(20)17-7-4-14-3-2-10-21-14/h2-3,10-11,13H,4-9H2,1H3,(H,17,20). The third-order valence-electron chi connectivity index (χ3n) is 3.99. The summed E-state index contributed by atoms with van der Waals surface area (Å²) in [6.45, 7) is 4.62. The van der Waals surface area contributed by atoms with E-state index in [9.17, 15) is 4.79 Å². The Labute approximate surface area is 139 Å². The van der Waals surface area contributed by atoms with E-state index >= 15 is 0 Å². The van der Waals surface area contributed by atoms with Crippen LogP contribution in [0.5, 0.6) is 0 Å². The van der Waals surface area contributed by atoms with E-state index < -0.39 is 0 Å². The van der Waals surface area contributed by atoms with Crippen molar-refractivity contribution in [2.75, 3.05) is 24.5 Å². The first-order valence-electron chi connectivity index (χ1n) is 7.69. The quantitative estimate of drug-likeness (QED) is 0.913. The van der Waals surface area contributed by atoms with Gasteiger partial charge in [-0.2, -0.15) is 0 Å². The van der Waals surface area contributed by atoms with Crippen molar-refractivity contribution < 1.29 is 4.79 Å². The monoisotopic (exact) mass is 335 g/mol. The Morgan fingerprint density at radius 2 is 2.23 bits per heavy atom. The van der Waals surface area contributed by atoms with Gasteiger partial charge in [0.2, 0.25) is 5.91 Å². The smallest absolute Gasteiger partial charge is 0.223 e. The third-order valence-corrected chi connectivity index (χ3v) is 5.95. The average Bonchev–Trinajstić information content (AvgIpc) is 3.19. The highest BCUT2D eigenvalue weighted by Gasteiger charge is 2.25. The van der Waals surface area contributed by atoms with Crippen molar-refractivity contribution in [3.63, 3.8) is 0 Å². The molecule has 0 spiro atoms. The summed E-state index contributed by atoms with van der Waals surface area (Å²) in [5, 5.41) is 8.34. The van der Waals surface area contributed by atoms with Gasteiger partial charge in [0, 0.05) is 35.8 Å². The van der Waals surface area contributed by atoms with Crippen molar-refractivity contribution in [1.29, 1.82) is 0 Å². The molecule has 3 rings (SSSR count). The van der Waals surface area contributed by atoms with Crippen LogP contribution in [0.3, 0.4) is 0 Å². The molecule has 4 nitrogen and oxygen atoms in total. The van der Waals surface area contributed by atoms with E-state index in [-0.39, 0.29) is 11.8 Å². The Kier molecular flexibility index (Phi) is 5.10. The van der Waals surface area contributed by atoms with Crippen LogP contribution in [0.4, 0.5) is 5.13 Å². The molecule has 1 N–H and O–H groups in total. The summed E-state index contributed by atoms with van der Waals surface area (Å²) in [4.78, 5) is 20.4. The number of anilines is 1. The Morgan fingerprint density at radius 1 is 1.41 bits per heavy atom. The van der Waals surface area contributed by atoms with Crippen molar-refractivity contribution in [3.05, 3.63) is 33.5 Å². The molecule has 22 heavy (non-hydrogen) atoms. The SMILES string of the molecule is Cc1csc(N2CCC(C(=O)NCCc3cccs3)CC2)n1. The maximum Gasteiger partial charge on any atom is 0.223 e. The zero-order valence-electron chi connectivity index (χ0n) is 12.7. The van der Waals surface area contributed by atoms with Gasteiger partial charge in [0.15, 0.2) is 5.13 Å². The first-order valence-corrected chi connectivity index (χ1v) is 9.45. The predicted octanol–water partition coefficient (Wildman–Crippen LogP) is 3.09. The maximum atomic E-state index is 12.2. The summed E-state index contributed by atoms with van der Waals surface area (Å²) in [5.74, 6) is 0.368. The van der Waals surface area contributed by atoms with Gasteiger partial charge in [-0.3, -0.25) is 4.79 Å². The number of aromatic nitrogens is 1. The van der Waals surface area contributed by atoms with Crippen LogP contribution < -0.4 is 10.2 Å². The van der Waals surface area contributed by atoms with E-state index in [2.05, 4.69) is 38.1 Å². The molecule has 2 aromatic rings. The Morgan fingerprint density at radius 3 is 2.86 bits per heavy atom. The molecule has 118 valence electrons. The number of carbonyl (C=O) groups excluding carboxylic acids is 1. The van der Waals surface area contributed by atoms with E-state index in [1.165, 1.54) is 4.88 Å². The number of hydrogen-bond donors (Lipinski definition) is 1. The minimum atomic E-state index is 0.153. The molecular formula is C16H21N3OS2. The normalized spacial score (nSPS) is 16.0. The van der Waals surface area contributed by atoms with E-state index in [0.717, 1.165) is 49.7 Å². The topological polar surface area (TPSA) is 45.2 Å². The molecule has 0 aromatic carbocycles. The van der Waals surface area contributed by atoms with Crippen molar-refractivity contribution >= 4 is 33.7 Å². The van der Waals surface area contributed by atoms with E-state index in [4.69, 9.17) is 0 Å². The van der Waals surface area contributed by atoms with Crippen LogP contribution in [-0.2, 0) is 11.2 Å². The molecule has 1 fully saturated rings. The van der Waals surface area contributed by atoms with Crippen molar-refractivity contribution in [2.45, 2.75) is 26.2 Å². The Hall–Kier alpha value is -1.40. The number of aryl methyl sites for hydroxylation is 1. The zero-order chi connectivity index (χ0) is 15.4. The van der Waals surface area contributed by atoms with Gasteiger partial charge < -0.3 is 10.2 Å². The second-order valence-corrected chi connectivity index (χ2v) is 7.52. The summed E-state index contributed by atoms with van der Waals surface area (Å²) in [6, 6.07) is 4.17.